The molecule has 0 fully saturated rings. The number of anilines is 1. The number of carbonyl (C=O) groups is 1. The van der Waals surface area contributed by atoms with Crippen LogP contribution in [0.4, 0.5) is 18.9 Å². The zero-order chi connectivity index (χ0) is 26.5. The SMILES string of the molecule is COc1cc(C(=O)NCc2ccc(C(F)(F)F)nc2)ccc1N(CCc1cccc(Cl)c1Cl)S(=O)O. The van der Waals surface area contributed by atoms with Gasteiger partial charge in [-0.15, -0.1) is 0 Å². The Balaban J connectivity index is 1.72. The molecule has 0 aliphatic carbocycles. The van der Waals surface area contributed by atoms with Crippen molar-refractivity contribution < 1.29 is 31.5 Å². The predicted molar refractivity (Wildman–Crippen MR) is 132 cm³/mol. The second-order valence-corrected chi connectivity index (χ2v) is 9.10. The zero-order valence-electron chi connectivity index (χ0n) is 18.7. The van der Waals surface area contributed by atoms with Crippen LogP contribution in [0, 0.1) is 0 Å². The molecule has 13 heteroatoms. The summed E-state index contributed by atoms with van der Waals surface area (Å²) >= 11 is 9.82. The third kappa shape index (κ3) is 6.88. The van der Waals surface area contributed by atoms with Gasteiger partial charge in [-0.05, 0) is 47.9 Å². The van der Waals surface area contributed by atoms with Gasteiger partial charge in [0.2, 0.25) is 0 Å². The van der Waals surface area contributed by atoms with Crippen LogP contribution in [0.15, 0.2) is 54.7 Å². The van der Waals surface area contributed by atoms with Crippen molar-refractivity contribution in [2.24, 2.45) is 0 Å². The van der Waals surface area contributed by atoms with Gasteiger partial charge in [0.05, 0.1) is 22.8 Å². The van der Waals surface area contributed by atoms with E-state index < -0.39 is 29.0 Å². The first-order valence-electron chi connectivity index (χ1n) is 10.3. The second kappa shape index (κ2) is 11.9. The van der Waals surface area contributed by atoms with E-state index in [1.165, 1.54) is 35.7 Å². The van der Waals surface area contributed by atoms with Crippen molar-refractivity contribution in [3.05, 3.63) is 87.2 Å². The summed E-state index contributed by atoms with van der Waals surface area (Å²) in [5.74, 6) is -0.361. The highest BCUT2D eigenvalue weighted by Gasteiger charge is 2.32. The third-order valence-electron chi connectivity index (χ3n) is 5.08. The number of ether oxygens (including phenoxy) is 1. The minimum absolute atomic E-state index is 0.0544. The number of benzene rings is 2. The van der Waals surface area contributed by atoms with Crippen molar-refractivity contribution in [1.29, 1.82) is 0 Å². The molecule has 2 aromatic carbocycles. The van der Waals surface area contributed by atoms with Crippen LogP contribution in [0.3, 0.4) is 0 Å². The highest BCUT2D eigenvalue weighted by atomic mass is 35.5. The first-order chi connectivity index (χ1) is 17.0. The maximum absolute atomic E-state index is 12.6. The Morgan fingerprint density at radius 2 is 1.94 bits per heavy atom. The van der Waals surface area contributed by atoms with Crippen molar-refractivity contribution >= 4 is 46.1 Å². The number of hydrogen-bond donors (Lipinski definition) is 2. The highest BCUT2D eigenvalue weighted by Crippen LogP contribution is 2.32. The molecule has 1 aromatic heterocycles. The first-order valence-corrected chi connectivity index (χ1v) is 12.1. The van der Waals surface area contributed by atoms with Gasteiger partial charge in [0.25, 0.3) is 17.2 Å². The summed E-state index contributed by atoms with van der Waals surface area (Å²) in [6, 6.07) is 11.5. The van der Waals surface area contributed by atoms with E-state index in [0.29, 0.717) is 27.6 Å². The van der Waals surface area contributed by atoms with Gasteiger partial charge in [-0.3, -0.25) is 18.6 Å². The topological polar surface area (TPSA) is 91.8 Å². The van der Waals surface area contributed by atoms with Crippen LogP contribution in [0.5, 0.6) is 5.75 Å². The Bertz CT molecular complexity index is 1260. The molecule has 1 unspecified atom stereocenters. The van der Waals surface area contributed by atoms with E-state index in [1.54, 1.807) is 18.2 Å². The average molecular weight is 562 g/mol. The van der Waals surface area contributed by atoms with Crippen LogP contribution < -0.4 is 14.4 Å². The molecule has 0 radical (unpaired) electrons. The molecule has 1 heterocycles. The van der Waals surface area contributed by atoms with E-state index in [1.807, 2.05) is 0 Å². The third-order valence-corrected chi connectivity index (χ3v) is 6.70. The van der Waals surface area contributed by atoms with E-state index in [2.05, 4.69) is 10.3 Å². The van der Waals surface area contributed by atoms with Crippen molar-refractivity contribution in [3.8, 4) is 5.75 Å². The van der Waals surface area contributed by atoms with Gasteiger partial charge in [-0.2, -0.15) is 13.2 Å². The van der Waals surface area contributed by atoms with E-state index in [9.17, 15) is 26.7 Å². The number of pyridine rings is 1. The summed E-state index contributed by atoms with van der Waals surface area (Å²) in [6.45, 7) is 0.0349. The molecule has 0 aliphatic rings. The second-order valence-electron chi connectivity index (χ2n) is 7.41. The molecule has 1 atom stereocenters. The van der Waals surface area contributed by atoms with Gasteiger partial charge in [0.1, 0.15) is 11.4 Å². The number of rotatable bonds is 9. The number of methoxy groups -OCH3 is 1. The summed E-state index contributed by atoms with van der Waals surface area (Å²) in [4.78, 5) is 15.9. The van der Waals surface area contributed by atoms with Crippen LogP contribution in [-0.4, -0.2) is 33.3 Å². The lowest BCUT2D eigenvalue weighted by Gasteiger charge is -2.23. The summed E-state index contributed by atoms with van der Waals surface area (Å²) in [5, 5.41) is 3.31. The normalized spacial score (nSPS) is 12.2. The molecule has 0 bridgehead atoms. The molecule has 0 saturated carbocycles. The standard InChI is InChI=1S/C23H20Cl2F3N3O4S/c1-35-19-11-16(22(32)30-13-14-5-8-20(29-12-14)23(26,27)28)6-7-18(19)31(36(33)34)10-9-15-3-2-4-17(24)21(15)25/h2-8,11-12H,9-10,13H2,1H3,(H,30,32)(H,33,34). The summed E-state index contributed by atoms with van der Waals surface area (Å²) in [6.07, 6.45) is -3.21. The largest absolute Gasteiger partial charge is 0.495 e. The van der Waals surface area contributed by atoms with Gasteiger partial charge in [0.15, 0.2) is 0 Å². The fraction of sp³-hybridized carbons (Fsp3) is 0.217. The Morgan fingerprint density at radius 3 is 2.56 bits per heavy atom. The van der Waals surface area contributed by atoms with Crippen LogP contribution in [0.1, 0.15) is 27.2 Å². The van der Waals surface area contributed by atoms with Gasteiger partial charge in [-0.1, -0.05) is 41.4 Å². The summed E-state index contributed by atoms with van der Waals surface area (Å²) in [5.41, 5.74) is 0.479. The molecule has 7 nitrogen and oxygen atoms in total. The minimum atomic E-state index is -4.55. The van der Waals surface area contributed by atoms with Gasteiger partial charge in [0, 0.05) is 24.8 Å². The Labute approximate surface area is 217 Å². The fourth-order valence-electron chi connectivity index (χ4n) is 3.25. The van der Waals surface area contributed by atoms with Gasteiger partial charge in [-0.25, -0.2) is 4.21 Å². The molecule has 192 valence electrons. The van der Waals surface area contributed by atoms with Gasteiger partial charge >= 0.3 is 6.18 Å². The maximum atomic E-state index is 12.6. The van der Waals surface area contributed by atoms with Crippen LogP contribution in [0.2, 0.25) is 10.0 Å². The smallest absolute Gasteiger partial charge is 0.433 e. The Morgan fingerprint density at radius 1 is 1.19 bits per heavy atom. The first kappa shape index (κ1) is 27.7. The molecule has 3 rings (SSSR count). The number of carbonyl (C=O) groups excluding carboxylic acids is 1. The molecule has 0 saturated heterocycles. The molecule has 0 aliphatic heterocycles. The lowest BCUT2D eigenvalue weighted by molar-refractivity contribution is -0.141. The average Bonchev–Trinajstić information content (AvgIpc) is 2.84. The molecular formula is C23H20Cl2F3N3O4S. The summed E-state index contributed by atoms with van der Waals surface area (Å²) < 4.78 is 66.4. The van der Waals surface area contributed by atoms with E-state index in [4.69, 9.17) is 27.9 Å². The Hall–Kier alpha value is -2.86. The number of hydrogen-bond acceptors (Lipinski definition) is 4. The lowest BCUT2D eigenvalue weighted by Crippen LogP contribution is -2.28. The molecule has 36 heavy (non-hydrogen) atoms. The maximum Gasteiger partial charge on any atom is 0.433 e. The zero-order valence-corrected chi connectivity index (χ0v) is 21.0. The number of alkyl halides is 3. The molecule has 2 N–H and O–H groups in total. The molecular weight excluding hydrogens is 542 g/mol. The summed E-state index contributed by atoms with van der Waals surface area (Å²) in [7, 11) is 1.35. The van der Waals surface area contributed by atoms with Crippen LogP contribution in [-0.2, 0) is 30.4 Å². The van der Waals surface area contributed by atoms with E-state index in [0.717, 1.165) is 12.3 Å². The van der Waals surface area contributed by atoms with E-state index in [-0.39, 0.29) is 30.1 Å². The van der Waals surface area contributed by atoms with E-state index >= 15 is 0 Å². The van der Waals surface area contributed by atoms with Crippen LogP contribution in [0.25, 0.3) is 0 Å². The number of halogens is 5. The number of amides is 1. The Kier molecular flexibility index (Phi) is 9.18. The monoisotopic (exact) mass is 561 g/mol. The molecule has 1 amide bonds. The van der Waals surface area contributed by atoms with Crippen molar-refractivity contribution in [2.45, 2.75) is 19.1 Å². The molecule has 0 spiro atoms. The van der Waals surface area contributed by atoms with Crippen molar-refractivity contribution in [2.75, 3.05) is 18.0 Å². The minimum Gasteiger partial charge on any atom is -0.495 e. The lowest BCUT2D eigenvalue weighted by atomic mass is 10.1. The van der Waals surface area contributed by atoms with Crippen molar-refractivity contribution in [3.63, 3.8) is 0 Å². The predicted octanol–water partition coefficient (Wildman–Crippen LogP) is 5.53. The fourth-order valence-corrected chi connectivity index (χ4v) is 4.23. The highest BCUT2D eigenvalue weighted by molar-refractivity contribution is 7.80. The number of nitrogens with one attached hydrogen (secondary N) is 1. The van der Waals surface area contributed by atoms with Crippen molar-refractivity contribution in [1.82, 2.24) is 10.3 Å². The molecule has 3 aromatic rings. The number of nitrogens with zero attached hydrogens (tertiary/aromatic N) is 2. The number of aromatic nitrogens is 1. The van der Waals surface area contributed by atoms with Gasteiger partial charge < -0.3 is 10.1 Å². The van der Waals surface area contributed by atoms with Crippen LogP contribution >= 0.6 is 23.2 Å². The quantitative estimate of drug-likeness (QED) is 0.335.